The Morgan fingerprint density at radius 1 is 0.815 bits per heavy atom. The number of unbranched alkanes of at least 4 members (excludes halogenated alkanes) is 6. The van der Waals surface area contributed by atoms with Crippen molar-refractivity contribution in [2.45, 2.75) is 49.8 Å². The van der Waals surface area contributed by atoms with Gasteiger partial charge < -0.3 is 9.29 Å². The Balaban J connectivity index is 0.00000676. The standard InChI is InChI=1S/C15H23F5O4S2.Na/c16-26(17,18,19,20)15-10-8-14(9-11-15)24-12-6-4-2-1-3-5-7-13-25(21,22)23;/h8-11H,1-7,12-13H2,(H,21,22,23);/q;+1/p-1. The minimum absolute atomic E-state index is 0. The molecule has 0 unspecified atom stereocenters. The van der Waals surface area contributed by atoms with Crippen LogP contribution in [0.15, 0.2) is 29.2 Å². The molecule has 0 aliphatic heterocycles. The normalized spacial score (nSPS) is 14.7. The van der Waals surface area contributed by atoms with Crippen LogP contribution in [0, 0.1) is 0 Å². The van der Waals surface area contributed by atoms with E-state index >= 15 is 0 Å². The fourth-order valence-corrected chi connectivity index (χ4v) is 3.46. The van der Waals surface area contributed by atoms with Crippen LogP contribution in [0.3, 0.4) is 0 Å². The maximum atomic E-state index is 12.6. The molecule has 0 amide bonds. The molecule has 0 fully saturated rings. The van der Waals surface area contributed by atoms with E-state index in [2.05, 4.69) is 0 Å². The number of ether oxygens (including phenoxy) is 1. The molecule has 0 radical (unpaired) electrons. The van der Waals surface area contributed by atoms with Gasteiger partial charge in [-0.05, 0) is 37.1 Å². The van der Waals surface area contributed by atoms with Crippen LogP contribution in [0.25, 0.3) is 0 Å². The molecule has 27 heavy (non-hydrogen) atoms. The number of hydrogen-bond acceptors (Lipinski definition) is 4. The molecule has 0 bridgehead atoms. The van der Waals surface area contributed by atoms with Crippen LogP contribution in [0.2, 0.25) is 0 Å². The Bertz CT molecular complexity index is 679. The Morgan fingerprint density at radius 2 is 1.26 bits per heavy atom. The SMILES string of the molecule is O=S(=O)([O-])CCCCCCCCCOc1ccc(S(F)(F)(F)(F)F)cc1.[Na+]. The zero-order valence-corrected chi connectivity index (χ0v) is 18.6. The van der Waals surface area contributed by atoms with E-state index in [1.807, 2.05) is 0 Å². The number of hydrogen-bond donors (Lipinski definition) is 0. The van der Waals surface area contributed by atoms with Gasteiger partial charge >= 0.3 is 39.8 Å². The molecule has 0 aliphatic rings. The quantitative estimate of drug-likeness (QED) is 0.213. The third-order valence-corrected chi connectivity index (χ3v) is 5.53. The second-order valence-electron chi connectivity index (χ2n) is 6.03. The molecule has 4 nitrogen and oxygen atoms in total. The average molecular weight is 448 g/mol. The summed E-state index contributed by atoms with van der Waals surface area (Å²) in [6, 6.07) is 2.38. The molecule has 1 aromatic carbocycles. The first-order valence-corrected chi connectivity index (χ1v) is 11.6. The van der Waals surface area contributed by atoms with Gasteiger partial charge in [0, 0.05) is 5.75 Å². The Labute approximate surface area is 178 Å². The minimum atomic E-state index is -9.64. The van der Waals surface area contributed by atoms with E-state index in [4.69, 9.17) is 4.74 Å². The fraction of sp³-hybridized carbons (Fsp3) is 0.600. The molecule has 1 aromatic rings. The van der Waals surface area contributed by atoms with Gasteiger partial charge in [-0.1, -0.05) is 51.5 Å². The summed E-state index contributed by atoms with van der Waals surface area (Å²) in [5.41, 5.74) is 0. The van der Waals surface area contributed by atoms with Crippen molar-refractivity contribution in [2.24, 2.45) is 0 Å². The number of halogens is 5. The van der Waals surface area contributed by atoms with Crippen molar-refractivity contribution in [3.05, 3.63) is 24.3 Å². The summed E-state index contributed by atoms with van der Waals surface area (Å²) < 4.78 is 99.2. The first-order valence-electron chi connectivity index (χ1n) is 8.08. The monoisotopic (exact) mass is 448 g/mol. The topological polar surface area (TPSA) is 66.4 Å². The van der Waals surface area contributed by atoms with E-state index in [1.54, 1.807) is 0 Å². The van der Waals surface area contributed by atoms with E-state index in [9.17, 15) is 32.4 Å². The number of rotatable bonds is 12. The maximum absolute atomic E-state index is 12.6. The second-order valence-corrected chi connectivity index (χ2v) is 9.96. The zero-order chi connectivity index (χ0) is 20.0. The van der Waals surface area contributed by atoms with Crippen LogP contribution in [0.1, 0.15) is 44.9 Å². The van der Waals surface area contributed by atoms with Crippen LogP contribution < -0.4 is 34.3 Å². The van der Waals surface area contributed by atoms with Gasteiger partial charge in [0.2, 0.25) is 0 Å². The Morgan fingerprint density at radius 3 is 1.70 bits per heavy atom. The van der Waals surface area contributed by atoms with Crippen molar-refractivity contribution in [1.29, 1.82) is 0 Å². The molecule has 12 heteroatoms. The van der Waals surface area contributed by atoms with Gasteiger partial charge in [-0.2, -0.15) is 0 Å². The average Bonchev–Trinajstić information content (AvgIpc) is 2.46. The second kappa shape index (κ2) is 9.62. The molecule has 1 rings (SSSR count). The van der Waals surface area contributed by atoms with Crippen LogP contribution in [0.5, 0.6) is 5.75 Å². The predicted molar refractivity (Wildman–Crippen MR) is 90.2 cm³/mol. The summed E-state index contributed by atoms with van der Waals surface area (Å²) in [6.45, 7) is 0.254. The number of benzene rings is 1. The van der Waals surface area contributed by atoms with Crippen LogP contribution in [-0.2, 0) is 10.1 Å². The molecule has 0 saturated carbocycles. The van der Waals surface area contributed by atoms with Gasteiger partial charge in [0.1, 0.15) is 10.6 Å². The summed E-state index contributed by atoms with van der Waals surface area (Å²) >= 11 is 0. The molecule has 0 N–H and O–H groups in total. The molecule has 0 aliphatic carbocycles. The van der Waals surface area contributed by atoms with Crippen LogP contribution >= 0.6 is 10.2 Å². The van der Waals surface area contributed by atoms with E-state index in [1.165, 1.54) is 0 Å². The van der Waals surface area contributed by atoms with Crippen molar-refractivity contribution in [2.75, 3.05) is 12.4 Å². The van der Waals surface area contributed by atoms with Gasteiger partial charge in [0.05, 0.1) is 16.7 Å². The third kappa shape index (κ3) is 12.9. The Hall–Kier alpha value is -0.0700. The molecular formula is C15H22F5NaO4S2. The molecular weight excluding hydrogens is 426 g/mol. The van der Waals surface area contributed by atoms with Crippen molar-refractivity contribution in [3.63, 3.8) is 0 Å². The summed E-state index contributed by atoms with van der Waals surface area (Å²) in [4.78, 5) is -1.94. The van der Waals surface area contributed by atoms with Crippen LogP contribution in [0.4, 0.5) is 19.4 Å². The van der Waals surface area contributed by atoms with E-state index in [0.29, 0.717) is 31.4 Å². The van der Waals surface area contributed by atoms with Gasteiger partial charge in [0.15, 0.2) is 0 Å². The fourth-order valence-electron chi connectivity index (χ4n) is 2.25. The molecule has 0 saturated heterocycles. The summed E-state index contributed by atoms with van der Waals surface area (Å²) in [5, 5.41) is 0. The first kappa shape index (κ1) is 26.9. The smallest absolute Gasteiger partial charge is 0.748 e. The van der Waals surface area contributed by atoms with E-state index in [-0.39, 0.29) is 47.7 Å². The maximum Gasteiger partial charge on any atom is 1.00 e. The molecule has 0 aromatic heterocycles. The largest absolute Gasteiger partial charge is 1.00 e. The van der Waals surface area contributed by atoms with Gasteiger partial charge in [-0.15, -0.1) is 0 Å². The van der Waals surface area contributed by atoms with Crippen molar-refractivity contribution >= 4 is 20.3 Å². The van der Waals surface area contributed by atoms with Gasteiger partial charge in [-0.25, -0.2) is 8.42 Å². The summed E-state index contributed by atoms with van der Waals surface area (Å²) in [5.74, 6) is -0.254. The molecule has 0 atom stereocenters. The molecule has 154 valence electrons. The summed E-state index contributed by atoms with van der Waals surface area (Å²) in [7, 11) is -13.8. The molecule has 0 spiro atoms. The molecule has 0 heterocycles. The van der Waals surface area contributed by atoms with Crippen LogP contribution in [-0.4, -0.2) is 25.3 Å². The van der Waals surface area contributed by atoms with Gasteiger partial charge in [0.25, 0.3) is 0 Å². The zero-order valence-electron chi connectivity index (χ0n) is 15.0. The third-order valence-electron chi connectivity index (χ3n) is 3.58. The summed E-state index contributed by atoms with van der Waals surface area (Å²) in [6.07, 6.45) is 5.03. The minimum Gasteiger partial charge on any atom is -0.748 e. The predicted octanol–water partition coefficient (Wildman–Crippen LogP) is 3.00. The van der Waals surface area contributed by atoms with Crippen molar-refractivity contribution in [1.82, 2.24) is 0 Å². The van der Waals surface area contributed by atoms with Crippen molar-refractivity contribution in [3.8, 4) is 5.75 Å². The van der Waals surface area contributed by atoms with Gasteiger partial charge in [-0.3, -0.25) is 0 Å². The Kier molecular flexibility index (Phi) is 9.59. The van der Waals surface area contributed by atoms with Crippen molar-refractivity contribution < 1.29 is 66.7 Å². The first-order chi connectivity index (χ1) is 11.7. The van der Waals surface area contributed by atoms with E-state index in [0.717, 1.165) is 37.8 Å². The van der Waals surface area contributed by atoms with E-state index < -0.39 is 25.2 Å².